The zero-order valence-electron chi connectivity index (χ0n) is 13.7. The molecule has 1 aliphatic carbocycles. The number of hydrogen-bond donors (Lipinski definition) is 3. The zero-order valence-corrected chi connectivity index (χ0v) is 13.7. The molecule has 0 bridgehead atoms. The topological polar surface area (TPSA) is 125 Å². The molecular formula is C15H23N3O6. The maximum absolute atomic E-state index is 12.4. The van der Waals surface area contributed by atoms with Crippen LogP contribution in [0.3, 0.4) is 0 Å². The molecule has 1 spiro atoms. The summed E-state index contributed by atoms with van der Waals surface area (Å²) in [5.74, 6) is -1.40. The van der Waals surface area contributed by atoms with E-state index in [1.807, 2.05) is 0 Å². The van der Waals surface area contributed by atoms with Gasteiger partial charge in [-0.25, -0.2) is 9.59 Å². The standard InChI is InChI=1S/C15H23N3O6/c1-24-12(21)10(9-19)16-11(20)5-4-8-18-13(22)15(17-14(18)23)6-2-3-7-15/h10,19H,2-9H2,1H3,(H,16,20)(H,17,23)/t10-/m1/s1. The molecule has 0 aromatic carbocycles. The van der Waals surface area contributed by atoms with Gasteiger partial charge in [0.15, 0.2) is 6.04 Å². The molecule has 0 aromatic heterocycles. The highest BCUT2D eigenvalue weighted by Crippen LogP contribution is 2.35. The average Bonchev–Trinajstić information content (AvgIpc) is 3.12. The summed E-state index contributed by atoms with van der Waals surface area (Å²) in [6.07, 6.45) is 3.45. The fourth-order valence-corrected chi connectivity index (χ4v) is 3.18. The molecule has 1 aliphatic heterocycles. The van der Waals surface area contributed by atoms with Crippen LogP contribution in [0.1, 0.15) is 38.5 Å². The van der Waals surface area contributed by atoms with E-state index >= 15 is 0 Å². The molecule has 134 valence electrons. The van der Waals surface area contributed by atoms with Gasteiger partial charge < -0.3 is 20.5 Å². The second-order valence-electron chi connectivity index (χ2n) is 6.11. The summed E-state index contributed by atoms with van der Waals surface area (Å²) in [7, 11) is 1.16. The highest BCUT2D eigenvalue weighted by molar-refractivity contribution is 6.07. The van der Waals surface area contributed by atoms with E-state index in [1.165, 1.54) is 0 Å². The molecule has 4 amide bonds. The van der Waals surface area contributed by atoms with E-state index in [-0.39, 0.29) is 25.3 Å². The molecule has 0 unspecified atom stereocenters. The summed E-state index contributed by atoms with van der Waals surface area (Å²) in [5, 5.41) is 14.2. The molecule has 1 saturated carbocycles. The van der Waals surface area contributed by atoms with Gasteiger partial charge in [-0.3, -0.25) is 14.5 Å². The molecular weight excluding hydrogens is 318 g/mol. The highest BCUT2D eigenvalue weighted by Gasteiger charge is 2.52. The van der Waals surface area contributed by atoms with Gasteiger partial charge >= 0.3 is 12.0 Å². The van der Waals surface area contributed by atoms with Crippen molar-refractivity contribution in [2.45, 2.75) is 50.1 Å². The van der Waals surface area contributed by atoms with Crippen LogP contribution in [-0.4, -0.2) is 65.7 Å². The van der Waals surface area contributed by atoms with Gasteiger partial charge in [-0.05, 0) is 19.3 Å². The SMILES string of the molecule is COC(=O)[C@@H](CO)NC(=O)CCCN1C(=O)NC2(CCCC2)C1=O. The maximum atomic E-state index is 12.4. The molecule has 3 N–H and O–H groups in total. The van der Waals surface area contributed by atoms with E-state index in [9.17, 15) is 19.2 Å². The molecule has 0 aromatic rings. The fraction of sp³-hybridized carbons (Fsp3) is 0.733. The predicted octanol–water partition coefficient (Wildman–Crippen LogP) is -0.719. The van der Waals surface area contributed by atoms with Gasteiger partial charge in [0.05, 0.1) is 13.7 Å². The van der Waals surface area contributed by atoms with E-state index in [0.29, 0.717) is 12.8 Å². The van der Waals surface area contributed by atoms with Crippen LogP contribution in [0.2, 0.25) is 0 Å². The van der Waals surface area contributed by atoms with Crippen LogP contribution >= 0.6 is 0 Å². The number of amides is 4. The Labute approximate surface area is 139 Å². The quantitative estimate of drug-likeness (QED) is 0.415. The number of carbonyl (C=O) groups is 4. The number of aliphatic hydroxyl groups is 1. The number of nitrogens with one attached hydrogen (secondary N) is 2. The van der Waals surface area contributed by atoms with Gasteiger partial charge in [-0.2, -0.15) is 0 Å². The summed E-state index contributed by atoms with van der Waals surface area (Å²) in [5.41, 5.74) is -0.744. The molecule has 9 heteroatoms. The minimum absolute atomic E-state index is 0.0254. The van der Waals surface area contributed by atoms with Gasteiger partial charge in [0, 0.05) is 13.0 Å². The van der Waals surface area contributed by atoms with Gasteiger partial charge in [-0.15, -0.1) is 0 Å². The van der Waals surface area contributed by atoms with Crippen molar-refractivity contribution in [2.24, 2.45) is 0 Å². The van der Waals surface area contributed by atoms with Crippen molar-refractivity contribution < 1.29 is 29.0 Å². The van der Waals surface area contributed by atoms with Crippen LogP contribution in [0, 0.1) is 0 Å². The summed E-state index contributed by atoms with van der Waals surface area (Å²) in [4.78, 5) is 48.6. The van der Waals surface area contributed by atoms with E-state index < -0.39 is 36.1 Å². The number of carbonyl (C=O) groups excluding carboxylic acids is 4. The Morgan fingerprint density at radius 3 is 2.62 bits per heavy atom. The van der Waals surface area contributed by atoms with Crippen molar-refractivity contribution in [1.29, 1.82) is 0 Å². The largest absolute Gasteiger partial charge is 0.467 e. The second kappa shape index (κ2) is 7.61. The van der Waals surface area contributed by atoms with E-state index in [4.69, 9.17) is 5.11 Å². The van der Waals surface area contributed by atoms with Crippen LogP contribution in [0.4, 0.5) is 4.79 Å². The number of aliphatic hydroxyl groups excluding tert-OH is 1. The number of urea groups is 1. The van der Waals surface area contributed by atoms with Crippen molar-refractivity contribution in [3.8, 4) is 0 Å². The molecule has 1 heterocycles. The van der Waals surface area contributed by atoms with Crippen molar-refractivity contribution in [1.82, 2.24) is 15.5 Å². The molecule has 9 nitrogen and oxygen atoms in total. The van der Waals surface area contributed by atoms with Crippen molar-refractivity contribution in [2.75, 3.05) is 20.3 Å². The molecule has 0 radical (unpaired) electrons. The molecule has 2 rings (SSSR count). The van der Waals surface area contributed by atoms with Crippen LogP contribution in [0.5, 0.6) is 0 Å². The van der Waals surface area contributed by atoms with E-state index in [2.05, 4.69) is 15.4 Å². The zero-order chi connectivity index (χ0) is 17.7. The number of nitrogens with zero attached hydrogens (tertiary/aromatic N) is 1. The number of esters is 1. The minimum Gasteiger partial charge on any atom is -0.467 e. The third-order valence-corrected chi connectivity index (χ3v) is 4.49. The molecule has 1 saturated heterocycles. The van der Waals surface area contributed by atoms with Crippen LogP contribution in [0.15, 0.2) is 0 Å². The number of hydrogen-bond acceptors (Lipinski definition) is 6. The lowest BCUT2D eigenvalue weighted by molar-refractivity contribution is -0.146. The lowest BCUT2D eigenvalue weighted by atomic mass is 9.98. The van der Waals surface area contributed by atoms with Gasteiger partial charge in [-0.1, -0.05) is 12.8 Å². The Kier molecular flexibility index (Phi) is 5.76. The van der Waals surface area contributed by atoms with Crippen LogP contribution in [-0.2, 0) is 19.1 Å². The van der Waals surface area contributed by atoms with Gasteiger partial charge in [0.2, 0.25) is 5.91 Å². The Bertz CT molecular complexity index is 529. The first-order valence-corrected chi connectivity index (χ1v) is 8.05. The Balaban J connectivity index is 1.79. The molecule has 1 atom stereocenters. The smallest absolute Gasteiger partial charge is 0.330 e. The predicted molar refractivity (Wildman–Crippen MR) is 81.7 cm³/mol. The first-order valence-electron chi connectivity index (χ1n) is 8.05. The summed E-state index contributed by atoms with van der Waals surface area (Å²) in [6, 6.07) is -1.52. The van der Waals surface area contributed by atoms with Crippen molar-refractivity contribution >= 4 is 23.8 Å². The fourth-order valence-electron chi connectivity index (χ4n) is 3.18. The monoisotopic (exact) mass is 341 g/mol. The lowest BCUT2D eigenvalue weighted by Crippen LogP contribution is -2.44. The summed E-state index contributed by atoms with van der Waals surface area (Å²) < 4.78 is 4.45. The Morgan fingerprint density at radius 2 is 2.04 bits per heavy atom. The van der Waals surface area contributed by atoms with Crippen LogP contribution < -0.4 is 10.6 Å². The third kappa shape index (κ3) is 3.66. The first kappa shape index (κ1) is 18.2. The lowest BCUT2D eigenvalue weighted by Gasteiger charge is -2.20. The number of imide groups is 1. The average molecular weight is 341 g/mol. The number of rotatable bonds is 7. The molecule has 2 fully saturated rings. The second-order valence-corrected chi connectivity index (χ2v) is 6.11. The summed E-state index contributed by atoms with van der Waals surface area (Å²) >= 11 is 0. The van der Waals surface area contributed by atoms with Gasteiger partial charge in [0.1, 0.15) is 5.54 Å². The molecule has 2 aliphatic rings. The third-order valence-electron chi connectivity index (χ3n) is 4.49. The first-order chi connectivity index (χ1) is 11.4. The highest BCUT2D eigenvalue weighted by atomic mass is 16.5. The Hall–Kier alpha value is -2.16. The van der Waals surface area contributed by atoms with E-state index in [1.54, 1.807) is 0 Å². The molecule has 24 heavy (non-hydrogen) atoms. The van der Waals surface area contributed by atoms with Crippen molar-refractivity contribution in [3.05, 3.63) is 0 Å². The number of ether oxygens (including phenoxy) is 1. The van der Waals surface area contributed by atoms with Gasteiger partial charge in [0.25, 0.3) is 5.91 Å². The van der Waals surface area contributed by atoms with Crippen LogP contribution in [0.25, 0.3) is 0 Å². The van der Waals surface area contributed by atoms with Crippen molar-refractivity contribution in [3.63, 3.8) is 0 Å². The van der Waals surface area contributed by atoms with E-state index in [0.717, 1.165) is 24.9 Å². The Morgan fingerprint density at radius 1 is 1.38 bits per heavy atom. The maximum Gasteiger partial charge on any atom is 0.330 e. The number of methoxy groups -OCH3 is 1. The minimum atomic E-state index is -1.11. The normalized spacial score (nSPS) is 20.2. The summed E-state index contributed by atoms with van der Waals surface area (Å²) in [6.45, 7) is -0.421.